The van der Waals surface area contributed by atoms with Crippen LogP contribution in [0.25, 0.3) is 0 Å². The molecule has 6 nitrogen and oxygen atoms in total. The lowest BCUT2D eigenvalue weighted by Gasteiger charge is -2.10. The minimum absolute atomic E-state index is 0.00931. The van der Waals surface area contributed by atoms with Gasteiger partial charge in [0.2, 0.25) is 0 Å². The largest absolute Gasteiger partial charge is 0.484 e. The maximum absolute atomic E-state index is 11.1. The summed E-state index contributed by atoms with van der Waals surface area (Å²) in [5, 5.41) is 14.3. The summed E-state index contributed by atoms with van der Waals surface area (Å²) in [6.07, 6.45) is 0. The number of hydrogen-bond donors (Lipinski definition) is 1. The lowest BCUT2D eigenvalue weighted by molar-refractivity contribution is -0.385. The van der Waals surface area contributed by atoms with Gasteiger partial charge in [-0.05, 0) is 24.1 Å². The van der Waals surface area contributed by atoms with Crippen LogP contribution >= 0.6 is 0 Å². The number of nitrogens with one attached hydrogen (secondary N) is 1. The van der Waals surface area contributed by atoms with Gasteiger partial charge in [-0.2, -0.15) is 0 Å². The zero-order chi connectivity index (χ0) is 15.0. The van der Waals surface area contributed by atoms with Crippen LogP contribution in [0, 0.1) is 16.0 Å². The summed E-state index contributed by atoms with van der Waals surface area (Å²) in [6, 6.07) is 5.03. The van der Waals surface area contributed by atoms with Gasteiger partial charge in [-0.25, -0.2) is 0 Å². The number of ether oxygens (including phenoxy) is 2. The third-order valence-electron chi connectivity index (χ3n) is 2.65. The zero-order valence-electron chi connectivity index (χ0n) is 12.2. The molecule has 6 heteroatoms. The number of methoxy groups -OCH3 is 1. The first kappa shape index (κ1) is 16.4. The predicted octanol–water partition coefficient (Wildman–Crippen LogP) is 2.37. The first-order chi connectivity index (χ1) is 9.54. The molecule has 0 aromatic heterocycles. The summed E-state index contributed by atoms with van der Waals surface area (Å²) in [4.78, 5) is 10.6. The number of nitro groups is 1. The maximum Gasteiger partial charge on any atom is 0.311 e. The van der Waals surface area contributed by atoms with Crippen LogP contribution < -0.4 is 10.1 Å². The second-order valence-corrected chi connectivity index (χ2v) is 4.93. The molecular formula is C14H22N2O4. The van der Waals surface area contributed by atoms with Crippen molar-refractivity contribution in [3.63, 3.8) is 0 Å². The molecule has 1 N–H and O–H groups in total. The van der Waals surface area contributed by atoms with Crippen LogP contribution in [0.5, 0.6) is 5.75 Å². The summed E-state index contributed by atoms with van der Waals surface area (Å²) < 4.78 is 10.2. The fourth-order valence-electron chi connectivity index (χ4n) is 1.68. The van der Waals surface area contributed by atoms with Gasteiger partial charge in [0.15, 0.2) is 5.75 Å². The van der Waals surface area contributed by atoms with Gasteiger partial charge in [0.1, 0.15) is 6.61 Å². The standard InChI is InChI=1S/C14H22N2O4/c1-11(2)9-15-10-12-4-5-14(20-7-6-19-3)13(8-12)16(17)18/h4-5,8,11,15H,6-7,9-10H2,1-3H3. The topological polar surface area (TPSA) is 73.6 Å². The molecule has 1 aromatic rings. The average Bonchev–Trinajstić information content (AvgIpc) is 2.39. The van der Waals surface area contributed by atoms with E-state index in [0.717, 1.165) is 12.1 Å². The van der Waals surface area contributed by atoms with Crippen molar-refractivity contribution in [3.8, 4) is 5.75 Å². The highest BCUT2D eigenvalue weighted by atomic mass is 16.6. The Morgan fingerprint density at radius 2 is 2.10 bits per heavy atom. The fourth-order valence-corrected chi connectivity index (χ4v) is 1.68. The highest BCUT2D eigenvalue weighted by molar-refractivity contribution is 5.48. The van der Waals surface area contributed by atoms with E-state index in [2.05, 4.69) is 19.2 Å². The van der Waals surface area contributed by atoms with Crippen molar-refractivity contribution >= 4 is 5.69 Å². The van der Waals surface area contributed by atoms with Crippen LogP contribution in [0.15, 0.2) is 18.2 Å². The van der Waals surface area contributed by atoms with Gasteiger partial charge < -0.3 is 14.8 Å². The van der Waals surface area contributed by atoms with E-state index < -0.39 is 4.92 Å². The molecule has 0 aliphatic carbocycles. The molecule has 0 atom stereocenters. The molecular weight excluding hydrogens is 260 g/mol. The van der Waals surface area contributed by atoms with E-state index >= 15 is 0 Å². The Kier molecular flexibility index (Phi) is 6.97. The van der Waals surface area contributed by atoms with Crippen molar-refractivity contribution in [1.29, 1.82) is 0 Å². The number of nitrogens with zero attached hydrogens (tertiary/aromatic N) is 1. The predicted molar refractivity (Wildman–Crippen MR) is 77.0 cm³/mol. The van der Waals surface area contributed by atoms with E-state index in [1.165, 1.54) is 0 Å². The SMILES string of the molecule is COCCOc1ccc(CNCC(C)C)cc1[N+](=O)[O-]. The number of hydrogen-bond acceptors (Lipinski definition) is 5. The molecule has 0 aliphatic heterocycles. The number of benzene rings is 1. The molecule has 0 spiro atoms. The first-order valence-electron chi connectivity index (χ1n) is 6.64. The zero-order valence-corrected chi connectivity index (χ0v) is 12.2. The van der Waals surface area contributed by atoms with E-state index in [-0.39, 0.29) is 11.4 Å². The van der Waals surface area contributed by atoms with Crippen LogP contribution in [0.4, 0.5) is 5.69 Å². The van der Waals surface area contributed by atoms with E-state index in [0.29, 0.717) is 25.7 Å². The van der Waals surface area contributed by atoms with Crippen LogP contribution in [0.2, 0.25) is 0 Å². The molecule has 1 rings (SSSR count). The summed E-state index contributed by atoms with van der Waals surface area (Å²) in [5.74, 6) is 0.821. The monoisotopic (exact) mass is 282 g/mol. The second kappa shape index (κ2) is 8.50. The third-order valence-corrected chi connectivity index (χ3v) is 2.65. The lowest BCUT2D eigenvalue weighted by Crippen LogP contribution is -2.19. The van der Waals surface area contributed by atoms with E-state index in [9.17, 15) is 10.1 Å². The lowest BCUT2D eigenvalue weighted by atomic mass is 10.1. The molecule has 0 fully saturated rings. The quantitative estimate of drug-likeness (QED) is 0.427. The average molecular weight is 282 g/mol. The first-order valence-corrected chi connectivity index (χ1v) is 6.64. The van der Waals surface area contributed by atoms with E-state index in [4.69, 9.17) is 9.47 Å². The van der Waals surface area contributed by atoms with Crippen LogP contribution in [-0.2, 0) is 11.3 Å². The minimum atomic E-state index is -0.423. The molecule has 0 heterocycles. The van der Waals surface area contributed by atoms with Crippen LogP contribution in [-0.4, -0.2) is 31.8 Å². The maximum atomic E-state index is 11.1. The van der Waals surface area contributed by atoms with Gasteiger partial charge in [0.05, 0.1) is 11.5 Å². The Labute approximate surface area is 119 Å². The Balaban J connectivity index is 2.71. The van der Waals surface area contributed by atoms with Gasteiger partial charge in [0, 0.05) is 19.7 Å². The molecule has 0 radical (unpaired) electrons. The highest BCUT2D eigenvalue weighted by Gasteiger charge is 2.15. The Morgan fingerprint density at radius 1 is 1.35 bits per heavy atom. The van der Waals surface area contributed by atoms with Crippen molar-refractivity contribution in [2.45, 2.75) is 20.4 Å². The Bertz CT molecular complexity index is 435. The molecule has 1 aromatic carbocycles. The normalized spacial score (nSPS) is 10.8. The van der Waals surface area contributed by atoms with Crippen LogP contribution in [0.3, 0.4) is 0 Å². The second-order valence-electron chi connectivity index (χ2n) is 4.93. The van der Waals surface area contributed by atoms with Crippen molar-refractivity contribution in [2.75, 3.05) is 26.9 Å². The van der Waals surface area contributed by atoms with Gasteiger partial charge in [-0.3, -0.25) is 10.1 Å². The molecule has 0 saturated heterocycles. The summed E-state index contributed by atoms with van der Waals surface area (Å²) in [5.41, 5.74) is 0.862. The Hall–Kier alpha value is -1.66. The van der Waals surface area contributed by atoms with Crippen molar-refractivity contribution < 1.29 is 14.4 Å². The van der Waals surface area contributed by atoms with E-state index in [1.807, 2.05) is 6.07 Å². The van der Waals surface area contributed by atoms with Gasteiger partial charge in [-0.15, -0.1) is 0 Å². The molecule has 0 unspecified atom stereocenters. The summed E-state index contributed by atoms with van der Waals surface area (Å²) in [6.45, 7) is 6.40. The number of rotatable bonds is 9. The molecule has 20 heavy (non-hydrogen) atoms. The van der Waals surface area contributed by atoms with E-state index in [1.54, 1.807) is 19.2 Å². The van der Waals surface area contributed by atoms with Gasteiger partial charge >= 0.3 is 5.69 Å². The molecule has 0 aliphatic rings. The molecule has 0 saturated carbocycles. The van der Waals surface area contributed by atoms with Gasteiger partial charge in [-0.1, -0.05) is 19.9 Å². The Morgan fingerprint density at radius 3 is 2.70 bits per heavy atom. The minimum Gasteiger partial charge on any atom is -0.484 e. The van der Waals surface area contributed by atoms with Crippen LogP contribution in [0.1, 0.15) is 19.4 Å². The molecule has 112 valence electrons. The van der Waals surface area contributed by atoms with Crippen molar-refractivity contribution in [1.82, 2.24) is 5.32 Å². The highest BCUT2D eigenvalue weighted by Crippen LogP contribution is 2.27. The number of nitro benzene ring substituents is 1. The van der Waals surface area contributed by atoms with Gasteiger partial charge in [0.25, 0.3) is 0 Å². The summed E-state index contributed by atoms with van der Waals surface area (Å²) in [7, 11) is 1.56. The molecule has 0 bridgehead atoms. The fraction of sp³-hybridized carbons (Fsp3) is 0.571. The third kappa shape index (κ3) is 5.54. The molecule has 0 amide bonds. The van der Waals surface area contributed by atoms with Crippen molar-refractivity contribution in [3.05, 3.63) is 33.9 Å². The smallest absolute Gasteiger partial charge is 0.311 e. The summed E-state index contributed by atoms with van der Waals surface area (Å²) >= 11 is 0. The van der Waals surface area contributed by atoms with Crippen molar-refractivity contribution in [2.24, 2.45) is 5.92 Å².